The van der Waals surface area contributed by atoms with Crippen LogP contribution in [0.4, 0.5) is 5.00 Å². The lowest BCUT2D eigenvalue weighted by Crippen LogP contribution is -2.22. The molecule has 0 spiro atoms. The molecule has 154 valence electrons. The Kier molecular flexibility index (Phi) is 6.42. The first-order valence-corrected chi connectivity index (χ1v) is 11.7. The Balaban J connectivity index is 1.45. The zero-order valence-corrected chi connectivity index (χ0v) is 18.7. The molecule has 2 aromatic heterocycles. The lowest BCUT2D eigenvalue weighted by Gasteiger charge is -2.09. The summed E-state index contributed by atoms with van der Waals surface area (Å²) in [6.07, 6.45) is 5.28. The van der Waals surface area contributed by atoms with Crippen molar-refractivity contribution >= 4 is 45.6 Å². The van der Waals surface area contributed by atoms with Crippen molar-refractivity contribution in [2.75, 3.05) is 5.32 Å². The van der Waals surface area contributed by atoms with Gasteiger partial charge in [0.2, 0.25) is 11.8 Å². The number of aryl methyl sites for hydroxylation is 1. The average molecular weight is 459 g/mol. The first-order valence-electron chi connectivity index (χ1n) is 9.66. The van der Waals surface area contributed by atoms with Gasteiger partial charge in [-0.2, -0.15) is 5.26 Å². The van der Waals surface area contributed by atoms with Crippen LogP contribution in [0.2, 0.25) is 5.02 Å². The number of aromatic nitrogens is 2. The largest absolute Gasteiger partial charge is 0.411 e. The Morgan fingerprint density at radius 3 is 2.97 bits per heavy atom. The topological polar surface area (TPSA) is 91.8 Å². The van der Waals surface area contributed by atoms with Crippen LogP contribution >= 0.6 is 34.7 Å². The van der Waals surface area contributed by atoms with Gasteiger partial charge in [-0.25, -0.2) is 0 Å². The highest BCUT2D eigenvalue weighted by Crippen LogP contribution is 2.37. The Hall–Kier alpha value is -2.34. The van der Waals surface area contributed by atoms with Gasteiger partial charge in [-0.1, -0.05) is 35.9 Å². The predicted molar refractivity (Wildman–Crippen MR) is 119 cm³/mol. The molecule has 4 rings (SSSR count). The molecule has 0 aliphatic heterocycles. The summed E-state index contributed by atoms with van der Waals surface area (Å²) in [6.45, 7) is 1.77. The number of nitrogens with zero attached hydrogens (tertiary/aromatic N) is 3. The van der Waals surface area contributed by atoms with Crippen molar-refractivity contribution in [2.24, 2.45) is 0 Å². The minimum atomic E-state index is -0.467. The fourth-order valence-electron chi connectivity index (χ4n) is 3.36. The highest BCUT2D eigenvalue weighted by atomic mass is 35.5. The van der Waals surface area contributed by atoms with Crippen LogP contribution in [0.1, 0.15) is 42.2 Å². The first kappa shape index (κ1) is 20.9. The second-order valence-electron chi connectivity index (χ2n) is 7.01. The fourth-order valence-corrected chi connectivity index (χ4v) is 5.48. The molecule has 1 aliphatic carbocycles. The van der Waals surface area contributed by atoms with Crippen LogP contribution in [-0.2, 0) is 17.6 Å². The summed E-state index contributed by atoms with van der Waals surface area (Å²) >= 11 is 8.71. The second-order valence-corrected chi connectivity index (χ2v) is 9.85. The number of thiophene rings is 1. The van der Waals surface area contributed by atoms with Crippen LogP contribution in [0.25, 0.3) is 11.5 Å². The maximum atomic E-state index is 12.7. The quantitative estimate of drug-likeness (QED) is 0.388. The van der Waals surface area contributed by atoms with Crippen molar-refractivity contribution in [1.82, 2.24) is 10.2 Å². The molecule has 0 radical (unpaired) electrons. The van der Waals surface area contributed by atoms with Crippen molar-refractivity contribution in [1.29, 1.82) is 5.26 Å². The van der Waals surface area contributed by atoms with Crippen LogP contribution in [0, 0.1) is 11.3 Å². The van der Waals surface area contributed by atoms with Crippen molar-refractivity contribution in [3.63, 3.8) is 0 Å². The van der Waals surface area contributed by atoms with E-state index in [0.29, 0.717) is 26.7 Å². The van der Waals surface area contributed by atoms with E-state index < -0.39 is 5.25 Å². The molecule has 2 heterocycles. The normalized spacial score (nSPS) is 14.4. The lowest BCUT2D eigenvalue weighted by atomic mass is 10.1. The lowest BCUT2D eigenvalue weighted by molar-refractivity contribution is -0.115. The van der Waals surface area contributed by atoms with Gasteiger partial charge in [-0.15, -0.1) is 21.5 Å². The summed E-state index contributed by atoms with van der Waals surface area (Å²) < 4.78 is 5.67. The molecule has 1 aliphatic rings. The number of anilines is 1. The number of nitriles is 1. The summed E-state index contributed by atoms with van der Waals surface area (Å²) in [7, 11) is 0. The molecule has 0 saturated carbocycles. The van der Waals surface area contributed by atoms with Crippen molar-refractivity contribution in [3.05, 3.63) is 45.3 Å². The second kappa shape index (κ2) is 9.21. The molecule has 1 atom stereocenters. The van der Waals surface area contributed by atoms with E-state index in [2.05, 4.69) is 21.6 Å². The SMILES string of the molecule is CC(Sc1nnc(-c2cccc(Cl)c2)o1)C(=O)Nc1sc2c(c1C#N)CCCCC2. The standard InChI is InChI=1S/C21H19ClN4O2S2/c1-12(29-21-26-25-19(28-21)13-6-5-7-14(22)10-13)18(27)24-20-16(11-23)15-8-3-2-4-9-17(15)30-20/h5-7,10,12H,2-4,8-9H2,1H3,(H,24,27). The molecular formula is C21H19ClN4O2S2. The third-order valence-electron chi connectivity index (χ3n) is 4.89. The minimum absolute atomic E-state index is 0.199. The van der Waals surface area contributed by atoms with Crippen LogP contribution in [-0.4, -0.2) is 21.4 Å². The number of carbonyl (C=O) groups is 1. The highest BCUT2D eigenvalue weighted by Gasteiger charge is 2.24. The number of thioether (sulfide) groups is 1. The Bertz CT molecular complexity index is 1120. The van der Waals surface area contributed by atoms with Crippen LogP contribution in [0.15, 0.2) is 33.9 Å². The monoisotopic (exact) mass is 458 g/mol. The van der Waals surface area contributed by atoms with Gasteiger partial charge in [0.15, 0.2) is 0 Å². The van der Waals surface area contributed by atoms with Crippen molar-refractivity contribution < 1.29 is 9.21 Å². The molecule has 0 fully saturated rings. The van der Waals surface area contributed by atoms with E-state index in [4.69, 9.17) is 16.0 Å². The van der Waals surface area contributed by atoms with Gasteiger partial charge in [0.25, 0.3) is 5.22 Å². The Morgan fingerprint density at radius 2 is 2.17 bits per heavy atom. The van der Waals surface area contributed by atoms with E-state index in [0.717, 1.165) is 36.8 Å². The van der Waals surface area contributed by atoms with E-state index in [9.17, 15) is 10.1 Å². The molecule has 0 saturated heterocycles. The number of nitrogens with one attached hydrogen (secondary N) is 1. The Morgan fingerprint density at radius 1 is 1.33 bits per heavy atom. The van der Waals surface area contributed by atoms with Crippen molar-refractivity contribution in [2.45, 2.75) is 49.5 Å². The fraction of sp³-hybridized carbons (Fsp3) is 0.333. The zero-order valence-electron chi connectivity index (χ0n) is 16.3. The molecule has 1 amide bonds. The van der Waals surface area contributed by atoms with E-state index in [1.807, 2.05) is 6.07 Å². The number of hydrogen-bond acceptors (Lipinski definition) is 7. The predicted octanol–water partition coefficient (Wildman–Crippen LogP) is 5.71. The average Bonchev–Trinajstić information content (AvgIpc) is 3.25. The van der Waals surface area contributed by atoms with Gasteiger partial charge in [-0.05, 0) is 56.4 Å². The maximum absolute atomic E-state index is 12.7. The van der Waals surface area contributed by atoms with E-state index >= 15 is 0 Å². The highest BCUT2D eigenvalue weighted by molar-refractivity contribution is 8.00. The van der Waals surface area contributed by atoms with Crippen LogP contribution in [0.3, 0.4) is 0 Å². The number of carbonyl (C=O) groups excluding carboxylic acids is 1. The Labute approximate surface area is 187 Å². The van der Waals surface area contributed by atoms with Gasteiger partial charge in [0, 0.05) is 15.5 Å². The molecule has 6 nitrogen and oxygen atoms in total. The molecule has 9 heteroatoms. The summed E-state index contributed by atoms with van der Waals surface area (Å²) in [5.74, 6) is 0.150. The maximum Gasteiger partial charge on any atom is 0.277 e. The smallest absolute Gasteiger partial charge is 0.277 e. The number of fused-ring (bicyclic) bond motifs is 1. The third-order valence-corrected chi connectivity index (χ3v) is 7.27. The number of halogens is 1. The number of amides is 1. The number of hydrogen-bond donors (Lipinski definition) is 1. The van der Waals surface area contributed by atoms with Gasteiger partial charge < -0.3 is 9.73 Å². The van der Waals surface area contributed by atoms with Gasteiger partial charge in [0.1, 0.15) is 11.1 Å². The zero-order chi connectivity index (χ0) is 21.1. The molecule has 30 heavy (non-hydrogen) atoms. The van der Waals surface area contributed by atoms with Gasteiger partial charge in [-0.3, -0.25) is 4.79 Å². The minimum Gasteiger partial charge on any atom is -0.411 e. The summed E-state index contributed by atoms with van der Waals surface area (Å²) in [5, 5.41) is 21.7. The molecule has 0 bridgehead atoms. The third kappa shape index (κ3) is 4.53. The van der Waals surface area contributed by atoms with E-state index in [-0.39, 0.29) is 5.91 Å². The molecule has 1 unspecified atom stereocenters. The summed E-state index contributed by atoms with van der Waals surface area (Å²) in [5.41, 5.74) is 2.44. The van der Waals surface area contributed by atoms with Gasteiger partial charge >= 0.3 is 0 Å². The van der Waals surface area contributed by atoms with E-state index in [1.165, 1.54) is 34.4 Å². The first-order chi connectivity index (χ1) is 14.5. The van der Waals surface area contributed by atoms with E-state index in [1.54, 1.807) is 25.1 Å². The molecule has 1 aromatic carbocycles. The number of benzene rings is 1. The molecule has 3 aromatic rings. The molecule has 1 N–H and O–H groups in total. The van der Waals surface area contributed by atoms with Crippen molar-refractivity contribution in [3.8, 4) is 17.5 Å². The number of rotatable bonds is 5. The summed E-state index contributed by atoms with van der Waals surface area (Å²) in [4.78, 5) is 14.0. The molecular weight excluding hydrogens is 440 g/mol. The van der Waals surface area contributed by atoms with Gasteiger partial charge in [0.05, 0.1) is 10.8 Å². The van der Waals surface area contributed by atoms with Crippen LogP contribution < -0.4 is 5.32 Å². The van der Waals surface area contributed by atoms with Crippen LogP contribution in [0.5, 0.6) is 0 Å². The summed E-state index contributed by atoms with van der Waals surface area (Å²) in [6, 6.07) is 9.43.